The van der Waals surface area contributed by atoms with Crippen LogP contribution in [-0.2, 0) is 0 Å². The van der Waals surface area contributed by atoms with Crippen molar-refractivity contribution in [2.45, 2.75) is 0 Å². The zero-order chi connectivity index (χ0) is 39.3. The zero-order valence-electron chi connectivity index (χ0n) is 31.1. The number of rotatable bonds is 3. The molecule has 0 aliphatic carbocycles. The third kappa shape index (κ3) is 4.45. The Morgan fingerprint density at radius 1 is 0.293 bits per heavy atom. The Morgan fingerprint density at radius 3 is 1.31 bits per heavy atom. The SMILES string of the molecule is [B]c1c([B])c([B])c2c(sc3c([B])c([B])c(-c4ccc(-c5ccc6ccc7cccc8ccc5c6c78)cc4-c4ccc5ccc6cccc7ccc4c5c67)c([B])c32)c1[B]. The van der Waals surface area contributed by atoms with E-state index in [9.17, 15) is 0 Å². The highest BCUT2D eigenvalue weighted by molar-refractivity contribution is 7.28. The van der Waals surface area contributed by atoms with Crippen LogP contribution in [0.2, 0.25) is 0 Å². The monoisotopic (exact) mass is 730 g/mol. The molecule has 0 saturated carbocycles. The van der Waals surface area contributed by atoms with Crippen LogP contribution in [0.5, 0.6) is 0 Å². The molecule has 58 heavy (non-hydrogen) atoms. The maximum absolute atomic E-state index is 7.33. The Labute approximate surface area is 348 Å². The molecule has 0 atom stereocenters. The van der Waals surface area contributed by atoms with Crippen LogP contribution < -0.4 is 38.2 Å². The maximum Gasteiger partial charge on any atom is 0.115 e. The number of hydrogen-bond donors (Lipinski definition) is 0. The van der Waals surface area contributed by atoms with Crippen LogP contribution in [-0.4, -0.2) is 54.9 Å². The van der Waals surface area contributed by atoms with E-state index < -0.39 is 0 Å². The van der Waals surface area contributed by atoms with Gasteiger partial charge in [-0.15, -0.1) is 22.3 Å². The molecule has 0 bridgehead atoms. The smallest absolute Gasteiger partial charge is 0.115 e. The Morgan fingerprint density at radius 2 is 0.724 bits per heavy atom. The number of fused-ring (bicyclic) bond motifs is 3. The van der Waals surface area contributed by atoms with Gasteiger partial charge in [0.2, 0.25) is 0 Å². The van der Waals surface area contributed by atoms with E-state index in [4.69, 9.17) is 54.9 Å². The summed E-state index contributed by atoms with van der Waals surface area (Å²) in [6.07, 6.45) is 0. The summed E-state index contributed by atoms with van der Waals surface area (Å²) in [5.41, 5.74) is 8.00. The molecule has 12 aromatic rings. The molecular weight excluding hydrogens is 708 g/mol. The molecule has 1 aromatic heterocycles. The number of benzene rings is 11. The van der Waals surface area contributed by atoms with Gasteiger partial charge < -0.3 is 0 Å². The van der Waals surface area contributed by atoms with Crippen molar-refractivity contribution < 1.29 is 0 Å². The predicted molar refractivity (Wildman–Crippen MR) is 261 cm³/mol. The van der Waals surface area contributed by atoms with Crippen LogP contribution in [0.1, 0.15) is 0 Å². The molecule has 0 spiro atoms. The van der Waals surface area contributed by atoms with Crippen molar-refractivity contribution in [2.75, 3.05) is 0 Å². The molecule has 0 unspecified atom stereocenters. The van der Waals surface area contributed by atoms with E-state index in [0.29, 0.717) is 53.0 Å². The lowest BCUT2D eigenvalue weighted by Gasteiger charge is -2.23. The normalized spacial score (nSPS) is 12.3. The van der Waals surface area contributed by atoms with E-state index in [0.717, 1.165) is 33.2 Å². The average molecular weight is 729 g/mol. The number of hydrogen-bond acceptors (Lipinski definition) is 1. The Kier molecular flexibility index (Phi) is 7.14. The van der Waals surface area contributed by atoms with E-state index in [1.165, 1.54) is 70.6 Å². The second kappa shape index (κ2) is 12.1. The van der Waals surface area contributed by atoms with E-state index in [1.807, 2.05) is 0 Å². The largest absolute Gasteiger partial charge is 0.137 e. The van der Waals surface area contributed by atoms with Crippen LogP contribution in [0.3, 0.4) is 0 Å². The van der Waals surface area contributed by atoms with Crippen molar-refractivity contribution in [2.24, 2.45) is 0 Å². The summed E-state index contributed by atoms with van der Waals surface area (Å²) in [5.74, 6) is 0. The van der Waals surface area contributed by atoms with E-state index >= 15 is 0 Å². The highest BCUT2D eigenvalue weighted by Gasteiger charge is 2.24. The van der Waals surface area contributed by atoms with Gasteiger partial charge in [-0.3, -0.25) is 0 Å². The second-order valence-corrected chi connectivity index (χ2v) is 16.5. The standard InChI is InChI=1S/C50H21B7S/c51-42-39(43(52)47(56)49-40(42)41-44(53)45(54)46(55)48(57)50(41)58-49)33-20-15-28(29-16-11-26-9-7-22-3-1-5-24-13-18-31(29)37(26)35(22)24)21-34(33)30-17-12-27-10-8-23-4-2-6-25-14-19-32(30)38(27)36(23)25/h1-21H. The summed E-state index contributed by atoms with van der Waals surface area (Å²) in [4.78, 5) is 0. The van der Waals surface area contributed by atoms with Gasteiger partial charge in [0.05, 0.1) is 0 Å². The highest BCUT2D eigenvalue weighted by atomic mass is 32.1. The molecule has 8 heteroatoms. The minimum absolute atomic E-state index is 0.216. The Balaban J connectivity index is 1.21. The first kappa shape index (κ1) is 34.2. The van der Waals surface area contributed by atoms with Gasteiger partial charge in [-0.05, 0) is 115 Å². The van der Waals surface area contributed by atoms with Crippen LogP contribution in [0.25, 0.3) is 118 Å². The van der Waals surface area contributed by atoms with Crippen molar-refractivity contribution in [1.82, 2.24) is 0 Å². The fourth-order valence-electron chi connectivity index (χ4n) is 9.80. The van der Waals surface area contributed by atoms with Crippen LogP contribution in [0.15, 0.2) is 127 Å². The maximum atomic E-state index is 7.33. The first-order chi connectivity index (χ1) is 28.2. The minimum atomic E-state index is 0.216. The molecule has 0 aliphatic rings. The predicted octanol–water partition coefficient (Wildman–Crippen LogP) is 6.41. The lowest BCUT2D eigenvalue weighted by atomic mass is 9.64. The van der Waals surface area contributed by atoms with Gasteiger partial charge in [0, 0.05) is 9.40 Å². The summed E-state index contributed by atoms with van der Waals surface area (Å²) in [6, 6.07) is 46.2. The van der Waals surface area contributed by atoms with Crippen molar-refractivity contribution in [3.05, 3.63) is 127 Å². The lowest BCUT2D eigenvalue weighted by Crippen LogP contribution is -2.47. The third-order valence-corrected chi connectivity index (χ3v) is 13.8. The summed E-state index contributed by atoms with van der Waals surface area (Å²) >= 11 is 1.37. The van der Waals surface area contributed by atoms with E-state index in [-0.39, 0.29) is 10.9 Å². The Hall–Kier alpha value is -5.83. The van der Waals surface area contributed by atoms with E-state index in [2.05, 4.69) is 127 Å². The molecule has 11 aromatic carbocycles. The molecule has 0 nitrogen and oxygen atoms in total. The van der Waals surface area contributed by atoms with Crippen molar-refractivity contribution in [3.8, 4) is 33.4 Å². The van der Waals surface area contributed by atoms with Gasteiger partial charge in [-0.2, -0.15) is 0 Å². The topological polar surface area (TPSA) is 0 Å². The van der Waals surface area contributed by atoms with Gasteiger partial charge in [0.1, 0.15) is 54.9 Å². The average Bonchev–Trinajstić information content (AvgIpc) is 3.67. The minimum Gasteiger partial charge on any atom is -0.137 e. The van der Waals surface area contributed by atoms with Crippen molar-refractivity contribution in [3.63, 3.8) is 0 Å². The summed E-state index contributed by atoms with van der Waals surface area (Å²) in [7, 11) is 47.4. The molecule has 0 N–H and O–H groups in total. The van der Waals surface area contributed by atoms with Gasteiger partial charge in [-0.1, -0.05) is 149 Å². The zero-order valence-corrected chi connectivity index (χ0v) is 31.9. The van der Waals surface area contributed by atoms with Gasteiger partial charge in [-0.25, -0.2) is 0 Å². The quantitative estimate of drug-likeness (QED) is 0.146. The van der Waals surface area contributed by atoms with Gasteiger partial charge >= 0.3 is 0 Å². The van der Waals surface area contributed by atoms with E-state index in [1.54, 1.807) is 0 Å². The molecule has 12 rings (SSSR count). The Bertz CT molecular complexity index is 3740. The van der Waals surface area contributed by atoms with Crippen molar-refractivity contribution in [1.29, 1.82) is 0 Å². The molecular formula is C50H21B7S. The second-order valence-electron chi connectivity index (χ2n) is 15.5. The summed E-state index contributed by atoms with van der Waals surface area (Å²) < 4.78 is 1.36. The lowest BCUT2D eigenvalue weighted by molar-refractivity contribution is 1.63. The highest BCUT2D eigenvalue weighted by Crippen LogP contribution is 2.45. The molecule has 0 amide bonds. The van der Waals surface area contributed by atoms with Crippen LogP contribution in [0, 0.1) is 0 Å². The van der Waals surface area contributed by atoms with Crippen LogP contribution in [0.4, 0.5) is 0 Å². The molecule has 14 radical (unpaired) electrons. The molecule has 0 aliphatic heterocycles. The molecule has 1 heterocycles. The fourth-order valence-corrected chi connectivity index (χ4v) is 11.1. The summed E-state index contributed by atoms with van der Waals surface area (Å²) in [6.45, 7) is 0. The van der Waals surface area contributed by atoms with Gasteiger partial charge in [0.25, 0.3) is 0 Å². The molecule has 248 valence electrons. The first-order valence-corrected chi connectivity index (χ1v) is 19.9. The molecule has 0 saturated heterocycles. The van der Waals surface area contributed by atoms with Crippen LogP contribution >= 0.6 is 11.3 Å². The fraction of sp³-hybridized carbons (Fsp3) is 0. The third-order valence-electron chi connectivity index (χ3n) is 12.6. The first-order valence-electron chi connectivity index (χ1n) is 19.1. The summed E-state index contributed by atoms with van der Waals surface area (Å²) in [5, 5.41) is 15.8. The number of thiophene rings is 1. The van der Waals surface area contributed by atoms with Crippen molar-refractivity contribution >= 4 is 189 Å². The molecule has 0 fully saturated rings. The van der Waals surface area contributed by atoms with Gasteiger partial charge in [0.15, 0.2) is 0 Å².